The van der Waals surface area contributed by atoms with Crippen molar-refractivity contribution in [2.75, 3.05) is 27.3 Å². The number of likely N-dealkylation sites (tertiary alicyclic amines) is 2. The molecular weight excluding hydrogens is 789 g/mol. The Hall–Kier alpha value is -6.00. The van der Waals surface area contributed by atoms with E-state index < -0.39 is 24.3 Å². The third-order valence-corrected chi connectivity index (χ3v) is 13.4. The van der Waals surface area contributed by atoms with Crippen LogP contribution in [-0.4, -0.2) is 87.1 Å². The van der Waals surface area contributed by atoms with Crippen LogP contribution in [0.2, 0.25) is 0 Å². The molecule has 6 aromatic rings. The SMILES string of the molecule is COC(=O)N[C@H](C(=O)N1CCC[C@H]1c1ncc(-c2csc3c(-c4ccc(-c5cnc(C6CCCN6C(=O)[C@H](NC(=O)OC)c6ccccc6)[nH]5)cc4)csc23)[nH]1)C(C)C. The number of hydrogen-bond acceptors (Lipinski definition) is 10. The monoisotopic (exact) mass is 834 g/mol. The summed E-state index contributed by atoms with van der Waals surface area (Å²) in [4.78, 5) is 71.9. The summed E-state index contributed by atoms with van der Waals surface area (Å²) in [6, 6.07) is 15.5. The molecule has 0 bridgehead atoms. The molecular formula is C43H46N8O6S2. The number of carbonyl (C=O) groups excluding carboxylic acids is 4. The Balaban J connectivity index is 0.966. The summed E-state index contributed by atoms with van der Waals surface area (Å²) < 4.78 is 12.0. The van der Waals surface area contributed by atoms with E-state index in [0.717, 1.165) is 69.8 Å². The summed E-state index contributed by atoms with van der Waals surface area (Å²) in [6.07, 6.45) is 5.56. The van der Waals surface area contributed by atoms with Gasteiger partial charge in [0.15, 0.2) is 0 Å². The molecule has 8 rings (SSSR count). The number of carbonyl (C=O) groups is 4. The molecule has 2 fully saturated rings. The first-order chi connectivity index (χ1) is 28.6. The highest BCUT2D eigenvalue weighted by atomic mass is 32.1. The number of nitrogens with one attached hydrogen (secondary N) is 4. The van der Waals surface area contributed by atoms with E-state index in [-0.39, 0.29) is 29.8 Å². The molecule has 0 saturated carbocycles. The van der Waals surface area contributed by atoms with Crippen LogP contribution in [0.4, 0.5) is 9.59 Å². The van der Waals surface area contributed by atoms with Crippen LogP contribution in [0, 0.1) is 5.92 Å². The van der Waals surface area contributed by atoms with Crippen molar-refractivity contribution in [1.82, 2.24) is 40.4 Å². The van der Waals surface area contributed by atoms with Gasteiger partial charge in [0.25, 0.3) is 5.91 Å². The number of thiophene rings is 2. The molecule has 2 aliphatic heterocycles. The Labute approximate surface area is 349 Å². The van der Waals surface area contributed by atoms with E-state index in [0.29, 0.717) is 24.5 Å². The van der Waals surface area contributed by atoms with E-state index >= 15 is 0 Å². The van der Waals surface area contributed by atoms with E-state index in [2.05, 4.69) is 55.6 Å². The molecule has 2 aliphatic rings. The number of methoxy groups -OCH3 is 2. The Morgan fingerprint density at radius 1 is 0.712 bits per heavy atom. The lowest BCUT2D eigenvalue weighted by Gasteiger charge is -2.30. The third-order valence-electron chi connectivity index (χ3n) is 11.2. The highest BCUT2D eigenvalue weighted by molar-refractivity contribution is 7.27. The standard InChI is InChI=1S/C43H46N8O6S2/c1-24(2)34(48-42(54)56-3)40(52)50-18-8-13-33(50)39-45-21-31(47-39)29-23-59-36-28(22-58-37(29)36)25-14-16-26(17-15-25)30-20-44-38(46-30)32-12-9-19-51(32)41(53)35(49-43(55)57-4)27-10-6-5-7-11-27/h5-7,10-11,14-17,20-24,32-35H,8-9,12-13,18-19H2,1-4H3,(H,44,46)(H,45,47)(H,48,54)(H,49,55)/t32?,33-,34-,35+/m0/s1. The summed E-state index contributed by atoms with van der Waals surface area (Å²) in [7, 11) is 2.58. The lowest BCUT2D eigenvalue weighted by molar-refractivity contribution is -0.135. The van der Waals surface area contributed by atoms with Gasteiger partial charge in [-0.2, -0.15) is 0 Å². The highest BCUT2D eigenvalue weighted by Gasteiger charge is 2.39. The molecule has 4 N–H and O–H groups in total. The Morgan fingerprint density at radius 2 is 1.25 bits per heavy atom. The molecule has 2 saturated heterocycles. The number of amides is 4. The fourth-order valence-corrected chi connectivity index (χ4v) is 10.6. The van der Waals surface area contributed by atoms with Crippen molar-refractivity contribution < 1.29 is 28.7 Å². The summed E-state index contributed by atoms with van der Waals surface area (Å²) in [5, 5.41) is 9.77. The zero-order chi connectivity index (χ0) is 41.2. The van der Waals surface area contributed by atoms with Gasteiger partial charge in [0, 0.05) is 35.0 Å². The number of benzene rings is 2. The van der Waals surface area contributed by atoms with Crippen molar-refractivity contribution >= 4 is 56.1 Å². The number of ether oxygens (including phenoxy) is 2. The largest absolute Gasteiger partial charge is 0.453 e. The van der Waals surface area contributed by atoms with E-state index in [9.17, 15) is 19.2 Å². The van der Waals surface area contributed by atoms with Crippen LogP contribution in [0.5, 0.6) is 0 Å². The van der Waals surface area contributed by atoms with Crippen molar-refractivity contribution in [3.8, 4) is 33.6 Å². The molecule has 0 spiro atoms. The molecule has 0 radical (unpaired) electrons. The van der Waals surface area contributed by atoms with E-state index in [1.54, 1.807) is 27.6 Å². The fourth-order valence-electron chi connectivity index (χ4n) is 8.11. The second-order valence-corrected chi connectivity index (χ2v) is 16.9. The number of rotatable bonds is 11. The van der Waals surface area contributed by atoms with Gasteiger partial charge in [-0.1, -0.05) is 68.4 Å². The van der Waals surface area contributed by atoms with Crippen LogP contribution in [0.3, 0.4) is 0 Å². The van der Waals surface area contributed by atoms with Gasteiger partial charge < -0.3 is 39.9 Å². The average molecular weight is 835 g/mol. The normalized spacial score (nSPS) is 17.6. The van der Waals surface area contributed by atoms with Gasteiger partial charge in [0.05, 0.1) is 59.5 Å². The lowest BCUT2D eigenvalue weighted by atomic mass is 10.0. The minimum absolute atomic E-state index is 0.109. The summed E-state index contributed by atoms with van der Waals surface area (Å²) >= 11 is 3.38. The van der Waals surface area contributed by atoms with Crippen LogP contribution >= 0.6 is 22.7 Å². The Morgan fingerprint density at radius 3 is 1.88 bits per heavy atom. The van der Waals surface area contributed by atoms with Gasteiger partial charge in [-0.05, 0) is 48.3 Å². The molecule has 4 aromatic heterocycles. The number of H-pyrrole nitrogens is 2. The minimum atomic E-state index is -0.881. The topological polar surface area (TPSA) is 175 Å². The van der Waals surface area contributed by atoms with E-state index in [1.807, 2.05) is 61.5 Å². The van der Waals surface area contributed by atoms with Crippen molar-refractivity contribution in [2.24, 2.45) is 5.92 Å². The van der Waals surface area contributed by atoms with Gasteiger partial charge in [0.2, 0.25) is 5.91 Å². The molecule has 6 heterocycles. The van der Waals surface area contributed by atoms with E-state index in [1.165, 1.54) is 18.9 Å². The van der Waals surface area contributed by atoms with Crippen molar-refractivity contribution in [3.63, 3.8) is 0 Å². The fraction of sp³-hybridized carbons (Fsp3) is 0.349. The van der Waals surface area contributed by atoms with Crippen LogP contribution in [0.25, 0.3) is 43.0 Å². The minimum Gasteiger partial charge on any atom is -0.453 e. The summed E-state index contributed by atoms with van der Waals surface area (Å²) in [5.41, 5.74) is 6.72. The molecule has 2 aromatic carbocycles. The van der Waals surface area contributed by atoms with Crippen LogP contribution < -0.4 is 10.6 Å². The van der Waals surface area contributed by atoms with Crippen LogP contribution in [0.15, 0.2) is 77.8 Å². The Kier molecular flexibility index (Phi) is 11.5. The number of aromatic nitrogens is 4. The van der Waals surface area contributed by atoms with E-state index in [4.69, 9.17) is 19.4 Å². The first-order valence-corrected chi connectivity index (χ1v) is 21.5. The molecule has 1 unspecified atom stereocenters. The third kappa shape index (κ3) is 7.93. The summed E-state index contributed by atoms with van der Waals surface area (Å²) in [6.45, 7) is 4.96. The molecule has 306 valence electrons. The maximum atomic E-state index is 13.9. The first-order valence-electron chi connectivity index (χ1n) is 19.7. The Bertz CT molecular complexity index is 2460. The number of fused-ring (bicyclic) bond motifs is 1. The lowest BCUT2D eigenvalue weighted by Crippen LogP contribution is -2.51. The number of aromatic amines is 2. The molecule has 0 aliphatic carbocycles. The molecule has 4 amide bonds. The molecule has 14 nitrogen and oxygen atoms in total. The van der Waals surface area contributed by atoms with Gasteiger partial charge >= 0.3 is 12.2 Å². The predicted molar refractivity (Wildman–Crippen MR) is 227 cm³/mol. The maximum absolute atomic E-state index is 13.9. The highest BCUT2D eigenvalue weighted by Crippen LogP contribution is 2.44. The smallest absolute Gasteiger partial charge is 0.407 e. The van der Waals surface area contributed by atoms with Crippen LogP contribution in [0.1, 0.15) is 74.9 Å². The maximum Gasteiger partial charge on any atom is 0.407 e. The molecule has 59 heavy (non-hydrogen) atoms. The number of hydrogen-bond donors (Lipinski definition) is 4. The van der Waals surface area contributed by atoms with Gasteiger partial charge in [-0.25, -0.2) is 19.6 Å². The second-order valence-electron chi connectivity index (χ2n) is 15.1. The zero-order valence-electron chi connectivity index (χ0n) is 33.2. The van der Waals surface area contributed by atoms with Gasteiger partial charge in [-0.15, -0.1) is 22.7 Å². The van der Waals surface area contributed by atoms with Gasteiger partial charge in [0.1, 0.15) is 23.7 Å². The molecule has 16 heteroatoms. The van der Waals surface area contributed by atoms with Crippen molar-refractivity contribution in [3.05, 3.63) is 95.0 Å². The van der Waals surface area contributed by atoms with Crippen molar-refractivity contribution in [2.45, 2.75) is 63.7 Å². The number of nitrogens with zero attached hydrogens (tertiary/aromatic N) is 4. The van der Waals surface area contributed by atoms with Crippen LogP contribution in [-0.2, 0) is 19.1 Å². The number of imidazole rings is 2. The quantitative estimate of drug-likeness (QED) is 0.101. The number of alkyl carbamates (subject to hydrolysis) is 2. The zero-order valence-corrected chi connectivity index (χ0v) is 34.8. The molecule has 4 atom stereocenters. The first kappa shape index (κ1) is 39.8. The van der Waals surface area contributed by atoms with Gasteiger partial charge in [-0.3, -0.25) is 9.59 Å². The van der Waals surface area contributed by atoms with Crippen molar-refractivity contribution in [1.29, 1.82) is 0 Å². The second kappa shape index (κ2) is 17.1. The average Bonchev–Trinajstić information content (AvgIpc) is 4.11. The predicted octanol–water partition coefficient (Wildman–Crippen LogP) is 8.21. The summed E-state index contributed by atoms with van der Waals surface area (Å²) in [5.74, 6) is 0.982.